The van der Waals surface area contributed by atoms with Crippen LogP contribution in [0.5, 0.6) is 5.75 Å². The second-order valence-corrected chi connectivity index (χ2v) is 4.33. The molecule has 1 aromatic rings. The van der Waals surface area contributed by atoms with Crippen molar-refractivity contribution in [2.45, 2.75) is 25.6 Å². The molecular formula is C12H17NO2. The summed E-state index contributed by atoms with van der Waals surface area (Å²) in [5.41, 5.74) is 0.286. The standard InChI is InChI=1S/C12H17NO2/c1-9(2)15-11-5-3-10(4-6-11)12(14)7-13-8-12/h3-6,9,13-14H,7-8H2,1-2H3. The highest BCUT2D eigenvalue weighted by molar-refractivity contribution is 5.32. The van der Waals surface area contributed by atoms with E-state index in [1.54, 1.807) is 0 Å². The molecule has 0 bridgehead atoms. The van der Waals surface area contributed by atoms with Crippen LogP contribution in [0.4, 0.5) is 0 Å². The van der Waals surface area contributed by atoms with E-state index < -0.39 is 5.60 Å². The average molecular weight is 207 g/mol. The quantitative estimate of drug-likeness (QED) is 0.784. The molecule has 2 N–H and O–H groups in total. The van der Waals surface area contributed by atoms with Gasteiger partial charge in [0.05, 0.1) is 6.10 Å². The topological polar surface area (TPSA) is 41.5 Å². The van der Waals surface area contributed by atoms with Crippen LogP contribution in [0.2, 0.25) is 0 Å². The van der Waals surface area contributed by atoms with E-state index in [0.717, 1.165) is 11.3 Å². The molecule has 0 amide bonds. The summed E-state index contributed by atoms with van der Waals surface area (Å²) < 4.78 is 5.54. The molecule has 3 nitrogen and oxygen atoms in total. The Bertz CT molecular complexity index is 328. The Kier molecular flexibility index (Phi) is 2.67. The van der Waals surface area contributed by atoms with Crippen LogP contribution < -0.4 is 10.1 Å². The molecule has 1 aromatic carbocycles. The molecule has 0 spiro atoms. The first kappa shape index (κ1) is 10.5. The van der Waals surface area contributed by atoms with E-state index >= 15 is 0 Å². The zero-order valence-electron chi connectivity index (χ0n) is 9.16. The van der Waals surface area contributed by atoms with E-state index in [2.05, 4.69) is 5.32 Å². The fraction of sp³-hybridized carbons (Fsp3) is 0.500. The zero-order valence-corrected chi connectivity index (χ0v) is 9.16. The van der Waals surface area contributed by atoms with Gasteiger partial charge >= 0.3 is 0 Å². The monoisotopic (exact) mass is 207 g/mol. The number of hydrogen-bond donors (Lipinski definition) is 2. The van der Waals surface area contributed by atoms with Crippen LogP contribution >= 0.6 is 0 Å². The summed E-state index contributed by atoms with van der Waals surface area (Å²) in [4.78, 5) is 0. The van der Waals surface area contributed by atoms with Gasteiger partial charge in [-0.3, -0.25) is 0 Å². The molecule has 1 heterocycles. The van der Waals surface area contributed by atoms with Gasteiger partial charge in [-0.05, 0) is 31.5 Å². The van der Waals surface area contributed by atoms with E-state index in [0.29, 0.717) is 13.1 Å². The Labute approximate surface area is 90.1 Å². The third-order valence-corrected chi connectivity index (χ3v) is 2.60. The van der Waals surface area contributed by atoms with Crippen molar-refractivity contribution in [3.63, 3.8) is 0 Å². The third kappa shape index (κ3) is 2.13. The maximum Gasteiger partial charge on any atom is 0.119 e. The Morgan fingerprint density at radius 2 is 1.87 bits per heavy atom. The van der Waals surface area contributed by atoms with Crippen LogP contribution in [0.1, 0.15) is 19.4 Å². The van der Waals surface area contributed by atoms with Crippen molar-refractivity contribution in [3.8, 4) is 5.75 Å². The van der Waals surface area contributed by atoms with Crippen molar-refractivity contribution >= 4 is 0 Å². The normalized spacial score (nSPS) is 18.7. The molecular weight excluding hydrogens is 190 g/mol. The molecule has 15 heavy (non-hydrogen) atoms. The lowest BCUT2D eigenvalue weighted by atomic mass is 9.88. The highest BCUT2D eigenvalue weighted by atomic mass is 16.5. The maximum atomic E-state index is 10.1. The van der Waals surface area contributed by atoms with Gasteiger partial charge in [0.1, 0.15) is 11.4 Å². The molecule has 1 saturated heterocycles. The van der Waals surface area contributed by atoms with Gasteiger partial charge in [-0.25, -0.2) is 0 Å². The Balaban J connectivity index is 2.10. The SMILES string of the molecule is CC(C)Oc1ccc(C2(O)CNC2)cc1. The summed E-state index contributed by atoms with van der Waals surface area (Å²) in [5.74, 6) is 0.852. The average Bonchev–Trinajstić information content (AvgIpc) is 2.14. The van der Waals surface area contributed by atoms with E-state index in [1.165, 1.54) is 0 Å². The minimum atomic E-state index is -0.670. The predicted molar refractivity (Wildman–Crippen MR) is 59.0 cm³/mol. The molecule has 0 atom stereocenters. The van der Waals surface area contributed by atoms with Gasteiger partial charge in [0.2, 0.25) is 0 Å². The van der Waals surface area contributed by atoms with Gasteiger partial charge in [0.25, 0.3) is 0 Å². The predicted octanol–water partition coefficient (Wildman–Crippen LogP) is 1.26. The summed E-state index contributed by atoms with van der Waals surface area (Å²) in [6.07, 6.45) is 0.185. The molecule has 0 unspecified atom stereocenters. The smallest absolute Gasteiger partial charge is 0.119 e. The molecule has 3 heteroatoms. The fourth-order valence-electron chi connectivity index (χ4n) is 1.68. The number of benzene rings is 1. The molecule has 0 saturated carbocycles. The highest BCUT2D eigenvalue weighted by Gasteiger charge is 2.35. The summed E-state index contributed by atoms with van der Waals surface area (Å²) in [6.45, 7) is 5.27. The number of hydrogen-bond acceptors (Lipinski definition) is 3. The van der Waals surface area contributed by atoms with Gasteiger partial charge in [0.15, 0.2) is 0 Å². The van der Waals surface area contributed by atoms with Crippen LogP contribution in [0.3, 0.4) is 0 Å². The second-order valence-electron chi connectivity index (χ2n) is 4.33. The van der Waals surface area contributed by atoms with Gasteiger partial charge in [0, 0.05) is 13.1 Å². The molecule has 0 aromatic heterocycles. The molecule has 2 rings (SSSR count). The second kappa shape index (κ2) is 3.83. The van der Waals surface area contributed by atoms with Gasteiger partial charge in [-0.1, -0.05) is 12.1 Å². The van der Waals surface area contributed by atoms with Crippen molar-refractivity contribution in [2.75, 3.05) is 13.1 Å². The zero-order chi connectivity index (χ0) is 10.9. The third-order valence-electron chi connectivity index (χ3n) is 2.60. The maximum absolute atomic E-state index is 10.1. The van der Waals surface area contributed by atoms with Crippen LogP contribution in [-0.2, 0) is 5.60 Å². The Hall–Kier alpha value is -1.06. The highest BCUT2D eigenvalue weighted by Crippen LogP contribution is 2.26. The minimum absolute atomic E-state index is 0.185. The molecule has 82 valence electrons. The van der Waals surface area contributed by atoms with Gasteiger partial charge in [-0.2, -0.15) is 0 Å². The molecule has 1 fully saturated rings. The lowest BCUT2D eigenvalue weighted by Crippen LogP contribution is -2.56. The van der Waals surface area contributed by atoms with E-state index in [-0.39, 0.29) is 6.10 Å². The van der Waals surface area contributed by atoms with Gasteiger partial charge in [-0.15, -0.1) is 0 Å². The van der Waals surface area contributed by atoms with Crippen molar-refractivity contribution in [1.29, 1.82) is 0 Å². The molecule has 1 aliphatic heterocycles. The molecule has 1 aliphatic rings. The van der Waals surface area contributed by atoms with Crippen molar-refractivity contribution in [1.82, 2.24) is 5.32 Å². The fourth-order valence-corrected chi connectivity index (χ4v) is 1.68. The van der Waals surface area contributed by atoms with Crippen molar-refractivity contribution in [2.24, 2.45) is 0 Å². The lowest BCUT2D eigenvalue weighted by molar-refractivity contribution is -0.0146. The Morgan fingerprint density at radius 1 is 1.27 bits per heavy atom. The van der Waals surface area contributed by atoms with E-state index in [1.807, 2.05) is 38.1 Å². The van der Waals surface area contributed by atoms with Crippen LogP contribution in [0.15, 0.2) is 24.3 Å². The first-order valence-electron chi connectivity index (χ1n) is 5.30. The lowest BCUT2D eigenvalue weighted by Gasteiger charge is -2.38. The summed E-state index contributed by atoms with van der Waals surface area (Å²) >= 11 is 0. The number of ether oxygens (including phenoxy) is 1. The van der Waals surface area contributed by atoms with Crippen molar-refractivity contribution in [3.05, 3.63) is 29.8 Å². The number of β-amino-alcohol motifs (C(OH)–C–C–N with tert-alkyl or cyclic N) is 1. The largest absolute Gasteiger partial charge is 0.491 e. The summed E-state index contributed by atoms with van der Waals surface area (Å²) in [5, 5.41) is 13.1. The number of aliphatic hydroxyl groups is 1. The van der Waals surface area contributed by atoms with E-state index in [9.17, 15) is 5.11 Å². The van der Waals surface area contributed by atoms with Crippen molar-refractivity contribution < 1.29 is 9.84 Å². The first-order valence-corrected chi connectivity index (χ1v) is 5.30. The number of nitrogens with one attached hydrogen (secondary N) is 1. The first-order chi connectivity index (χ1) is 7.10. The van der Waals surface area contributed by atoms with Crippen LogP contribution in [0, 0.1) is 0 Å². The summed E-state index contributed by atoms with van der Waals surface area (Å²) in [6, 6.07) is 7.67. The summed E-state index contributed by atoms with van der Waals surface area (Å²) in [7, 11) is 0. The Morgan fingerprint density at radius 3 is 2.27 bits per heavy atom. The number of rotatable bonds is 3. The van der Waals surface area contributed by atoms with Crippen LogP contribution in [0.25, 0.3) is 0 Å². The van der Waals surface area contributed by atoms with Crippen LogP contribution in [-0.4, -0.2) is 24.3 Å². The van der Waals surface area contributed by atoms with E-state index in [4.69, 9.17) is 4.74 Å². The van der Waals surface area contributed by atoms with Gasteiger partial charge < -0.3 is 15.2 Å². The molecule has 0 aliphatic carbocycles. The minimum Gasteiger partial charge on any atom is -0.491 e. The molecule has 0 radical (unpaired) electrons.